The van der Waals surface area contributed by atoms with Crippen LogP contribution in [0.3, 0.4) is 0 Å². The molecule has 0 radical (unpaired) electrons. The van der Waals surface area contributed by atoms with E-state index in [1.165, 1.54) is 24.3 Å². The predicted octanol–water partition coefficient (Wildman–Crippen LogP) is 7.60. The summed E-state index contributed by atoms with van der Waals surface area (Å²) in [5.74, 6) is -0.598. The summed E-state index contributed by atoms with van der Waals surface area (Å²) >= 11 is 18.3. The lowest BCUT2D eigenvalue weighted by Crippen LogP contribution is -2.42. The van der Waals surface area contributed by atoms with Crippen molar-refractivity contribution < 1.29 is 37.2 Å². The molecule has 0 N–H and O–H groups in total. The maximum Gasteiger partial charge on any atom is 0.435 e. The molecule has 2 heterocycles. The van der Waals surface area contributed by atoms with Gasteiger partial charge < -0.3 is 9.57 Å². The van der Waals surface area contributed by atoms with Crippen LogP contribution in [0.4, 0.5) is 18.0 Å². The third kappa shape index (κ3) is 6.45. The molecule has 0 saturated carbocycles. The molecule has 7 nitrogen and oxygen atoms in total. The maximum absolute atomic E-state index is 14.3. The third-order valence-corrected chi connectivity index (χ3v) is 6.83. The number of ether oxygens (including phenoxy) is 1. The van der Waals surface area contributed by atoms with Crippen molar-refractivity contribution in [3.8, 4) is 0 Å². The summed E-state index contributed by atoms with van der Waals surface area (Å²) in [6.45, 7) is 5.49. The molecule has 2 aliphatic heterocycles. The zero-order valence-corrected chi connectivity index (χ0v) is 23.3. The van der Waals surface area contributed by atoms with Crippen molar-refractivity contribution in [2.45, 2.75) is 51.0 Å². The number of Topliss-reactive ketones (excluding diaryl/α,β-unsaturated/α-hetero) is 1. The average Bonchev–Trinajstić information content (AvgIpc) is 3.45. The van der Waals surface area contributed by atoms with Crippen LogP contribution in [0, 0.1) is 5.92 Å². The van der Waals surface area contributed by atoms with E-state index in [1.54, 1.807) is 20.8 Å². The Morgan fingerprint density at radius 2 is 1.77 bits per heavy atom. The van der Waals surface area contributed by atoms with E-state index in [0.29, 0.717) is 0 Å². The monoisotopic (exact) mass is 606 g/mol. The van der Waals surface area contributed by atoms with E-state index < -0.39 is 29.9 Å². The van der Waals surface area contributed by atoms with Gasteiger partial charge in [-0.1, -0.05) is 46.0 Å². The summed E-state index contributed by atoms with van der Waals surface area (Å²) in [6.07, 6.45) is -6.11. The van der Waals surface area contributed by atoms with Crippen molar-refractivity contribution >= 4 is 52.4 Å². The lowest BCUT2D eigenvalue weighted by atomic mass is 9.86. The largest absolute Gasteiger partial charge is 0.442 e. The Balaban J connectivity index is 1.46. The molecular formula is C26H24Cl3F3N2O5. The number of halogens is 6. The molecule has 4 rings (SSSR count). The first-order valence-electron chi connectivity index (χ1n) is 11.8. The van der Waals surface area contributed by atoms with E-state index >= 15 is 0 Å². The van der Waals surface area contributed by atoms with Crippen molar-refractivity contribution in [3.05, 3.63) is 68.2 Å². The molecule has 1 amide bonds. The molecule has 1 saturated heterocycles. The van der Waals surface area contributed by atoms with Crippen molar-refractivity contribution in [1.82, 2.24) is 5.06 Å². The number of benzene rings is 2. The molecule has 0 unspecified atom stereocenters. The lowest BCUT2D eigenvalue weighted by molar-refractivity contribution is -0.275. The molecule has 0 aliphatic carbocycles. The fraction of sp³-hybridized carbons (Fsp3) is 0.423. The molecule has 2 aliphatic rings. The molecule has 13 heteroatoms. The minimum Gasteiger partial charge on any atom is -0.442 e. The summed E-state index contributed by atoms with van der Waals surface area (Å²) in [5, 5.41) is 4.87. The van der Waals surface area contributed by atoms with Crippen LogP contribution in [0.15, 0.2) is 41.6 Å². The second-order valence-corrected chi connectivity index (χ2v) is 11.6. The van der Waals surface area contributed by atoms with Gasteiger partial charge in [-0.05, 0) is 51.1 Å². The van der Waals surface area contributed by atoms with Crippen molar-refractivity contribution in [1.29, 1.82) is 0 Å². The van der Waals surface area contributed by atoms with Gasteiger partial charge in [0, 0.05) is 45.5 Å². The number of hydroxylamine groups is 2. The van der Waals surface area contributed by atoms with Crippen LogP contribution in [-0.2, 0) is 20.0 Å². The van der Waals surface area contributed by atoms with Gasteiger partial charge in [0.15, 0.2) is 5.78 Å². The summed E-state index contributed by atoms with van der Waals surface area (Å²) in [6, 6.07) is 7.82. The number of oxime groups is 1. The number of amides is 1. The number of nitrogens with zero attached hydrogens (tertiary/aromatic N) is 2. The van der Waals surface area contributed by atoms with Crippen LogP contribution >= 0.6 is 34.8 Å². The van der Waals surface area contributed by atoms with E-state index in [2.05, 4.69) is 5.16 Å². The number of alkyl halides is 3. The standard InChI is InChI=1S/C26H24Cl3F3N2O5/c1-24(2,3)38-23(36)34-12-14(13-37-34)6-22(35)19-5-4-15(7-20(19)29)21-11-25(39-33-21,26(30,31)32)16-8-17(27)10-18(28)9-16/h4-5,7-10,14H,6,11-13H2,1-3H3/t14-,25+/m1/s1. The van der Waals surface area contributed by atoms with Crippen molar-refractivity contribution in [2.24, 2.45) is 11.1 Å². The smallest absolute Gasteiger partial charge is 0.435 e. The normalized spacial score (nSPS) is 21.5. The molecule has 39 heavy (non-hydrogen) atoms. The Kier molecular flexibility index (Phi) is 8.16. The first-order chi connectivity index (χ1) is 18.1. The predicted molar refractivity (Wildman–Crippen MR) is 139 cm³/mol. The van der Waals surface area contributed by atoms with Gasteiger partial charge >= 0.3 is 12.3 Å². The summed E-state index contributed by atoms with van der Waals surface area (Å²) in [5.41, 5.74) is -3.35. The minimum absolute atomic E-state index is 0.0125. The molecule has 210 valence electrons. The highest BCUT2D eigenvalue weighted by Crippen LogP contribution is 2.49. The van der Waals surface area contributed by atoms with Gasteiger partial charge in [0.1, 0.15) is 5.60 Å². The zero-order valence-electron chi connectivity index (χ0n) is 21.1. The Morgan fingerprint density at radius 1 is 1.10 bits per heavy atom. The SMILES string of the molecule is CC(C)(C)OC(=O)N1C[C@@H](CC(=O)c2ccc(C3=NO[C@@](c4cc(Cl)cc(Cl)c4)(C(F)(F)F)C3)cc2Cl)CO1. The number of hydrogen-bond acceptors (Lipinski definition) is 6. The van der Waals surface area contributed by atoms with Crippen LogP contribution in [0.25, 0.3) is 0 Å². The second-order valence-electron chi connectivity index (χ2n) is 10.3. The molecule has 2 aromatic carbocycles. The van der Waals surface area contributed by atoms with Crippen LogP contribution in [-0.4, -0.2) is 47.6 Å². The fourth-order valence-corrected chi connectivity index (χ4v) is 5.05. The molecule has 2 aromatic rings. The fourth-order valence-electron chi connectivity index (χ4n) is 4.24. The number of hydrogen-bond donors (Lipinski definition) is 0. The van der Waals surface area contributed by atoms with Crippen LogP contribution < -0.4 is 0 Å². The van der Waals surface area contributed by atoms with Gasteiger partial charge in [-0.3, -0.25) is 9.63 Å². The highest BCUT2D eigenvalue weighted by atomic mass is 35.5. The first kappa shape index (κ1) is 29.5. The third-order valence-electron chi connectivity index (χ3n) is 6.08. The van der Waals surface area contributed by atoms with Gasteiger partial charge in [-0.15, -0.1) is 0 Å². The van der Waals surface area contributed by atoms with Crippen molar-refractivity contribution in [3.63, 3.8) is 0 Å². The summed E-state index contributed by atoms with van der Waals surface area (Å²) < 4.78 is 48.0. The Hall–Kier alpha value is -2.53. The van der Waals surface area contributed by atoms with E-state index in [-0.39, 0.29) is 68.7 Å². The van der Waals surface area contributed by atoms with Crippen molar-refractivity contribution in [2.75, 3.05) is 13.2 Å². The minimum atomic E-state index is -4.84. The average molecular weight is 608 g/mol. The quantitative estimate of drug-likeness (QED) is 0.327. The zero-order chi connectivity index (χ0) is 28.8. The van der Waals surface area contributed by atoms with E-state index in [0.717, 1.165) is 17.2 Å². The Bertz CT molecular complexity index is 1310. The topological polar surface area (TPSA) is 77.4 Å². The van der Waals surface area contributed by atoms with Gasteiger partial charge in [-0.2, -0.15) is 18.2 Å². The maximum atomic E-state index is 14.3. The summed E-state index contributed by atoms with van der Waals surface area (Å²) in [4.78, 5) is 35.5. The molecule has 0 aromatic heterocycles. The van der Waals surface area contributed by atoms with Gasteiger partial charge in [-0.25, -0.2) is 4.79 Å². The van der Waals surface area contributed by atoms with E-state index in [1.807, 2.05) is 0 Å². The molecule has 1 fully saturated rings. The van der Waals surface area contributed by atoms with Gasteiger partial charge in [0.25, 0.3) is 5.60 Å². The van der Waals surface area contributed by atoms with Crippen LogP contribution in [0.2, 0.25) is 15.1 Å². The van der Waals surface area contributed by atoms with E-state index in [9.17, 15) is 22.8 Å². The summed E-state index contributed by atoms with van der Waals surface area (Å²) in [7, 11) is 0. The molecule has 0 spiro atoms. The molecular weight excluding hydrogens is 584 g/mol. The Morgan fingerprint density at radius 3 is 2.36 bits per heavy atom. The number of carbonyl (C=O) groups is 2. The highest BCUT2D eigenvalue weighted by molar-refractivity contribution is 6.35. The Labute approximate surface area is 237 Å². The van der Waals surface area contributed by atoms with Crippen LogP contribution in [0.5, 0.6) is 0 Å². The van der Waals surface area contributed by atoms with Crippen LogP contribution in [0.1, 0.15) is 55.1 Å². The highest BCUT2D eigenvalue weighted by Gasteiger charge is 2.62. The second kappa shape index (κ2) is 10.8. The first-order valence-corrected chi connectivity index (χ1v) is 13.0. The molecule has 0 bridgehead atoms. The van der Waals surface area contributed by atoms with Gasteiger partial charge in [0.2, 0.25) is 0 Å². The van der Waals surface area contributed by atoms with E-state index in [4.69, 9.17) is 49.2 Å². The number of carbonyl (C=O) groups excluding carboxylic acids is 2. The lowest BCUT2D eigenvalue weighted by Gasteiger charge is -2.29. The molecule has 2 atom stereocenters. The number of ketones is 1. The van der Waals surface area contributed by atoms with Gasteiger partial charge in [0.05, 0.1) is 23.9 Å². The number of rotatable bonds is 5.